The van der Waals surface area contributed by atoms with Gasteiger partial charge in [0.15, 0.2) is 5.69 Å². The standard InChI is InChI=1S/C25H23F4N7O/c1-35-13-31-22-21-18(15(5-6-30-21)20-24(25(27,28)29)33-34-32-20)16-11-14(26)12-17(19(16)23(22)35)37-10-9-36-7-3-2-4-8-36/h5-6,11-13H,2-4,7-10H2,1H3,(H,32,33,34). The van der Waals surface area contributed by atoms with Crippen LogP contribution in [0, 0.1) is 5.82 Å². The zero-order valence-electron chi connectivity index (χ0n) is 19.9. The van der Waals surface area contributed by atoms with Crippen molar-refractivity contribution >= 4 is 32.7 Å². The quantitative estimate of drug-likeness (QED) is 0.261. The number of hydrogen-bond donors (Lipinski definition) is 1. The van der Waals surface area contributed by atoms with Crippen LogP contribution in [0.3, 0.4) is 0 Å². The van der Waals surface area contributed by atoms with Crippen LogP contribution in [-0.4, -0.2) is 61.1 Å². The number of piperidine rings is 1. The maximum Gasteiger partial charge on any atom is 0.437 e. The summed E-state index contributed by atoms with van der Waals surface area (Å²) in [6.45, 7) is 3.04. The lowest BCUT2D eigenvalue weighted by molar-refractivity contribution is -0.140. The second-order valence-corrected chi connectivity index (χ2v) is 9.23. The van der Waals surface area contributed by atoms with Crippen LogP contribution in [0.25, 0.3) is 44.0 Å². The van der Waals surface area contributed by atoms with Gasteiger partial charge in [0.2, 0.25) is 0 Å². The number of fused-ring (bicyclic) bond motifs is 6. The van der Waals surface area contributed by atoms with E-state index in [0.29, 0.717) is 51.6 Å². The summed E-state index contributed by atoms with van der Waals surface area (Å²) in [4.78, 5) is 11.2. The Kier molecular flexibility index (Phi) is 5.70. The number of pyridine rings is 1. The van der Waals surface area contributed by atoms with E-state index in [2.05, 4.69) is 30.3 Å². The molecular formula is C25H23F4N7O. The van der Waals surface area contributed by atoms with Gasteiger partial charge in [-0.25, -0.2) is 9.37 Å². The van der Waals surface area contributed by atoms with Gasteiger partial charge in [-0.1, -0.05) is 6.42 Å². The van der Waals surface area contributed by atoms with Crippen LogP contribution in [0.15, 0.2) is 30.7 Å². The van der Waals surface area contributed by atoms with Gasteiger partial charge < -0.3 is 9.30 Å². The molecule has 0 spiro atoms. The molecule has 4 heterocycles. The summed E-state index contributed by atoms with van der Waals surface area (Å²) < 4.78 is 64.1. The Balaban J connectivity index is 1.59. The molecule has 1 fully saturated rings. The van der Waals surface area contributed by atoms with Crippen molar-refractivity contribution in [1.82, 2.24) is 34.8 Å². The number of imidazole rings is 1. The van der Waals surface area contributed by atoms with E-state index >= 15 is 4.39 Å². The Morgan fingerprint density at radius 1 is 1.03 bits per heavy atom. The van der Waals surface area contributed by atoms with E-state index in [1.807, 2.05) is 0 Å². The van der Waals surface area contributed by atoms with Gasteiger partial charge in [0.1, 0.15) is 29.4 Å². The zero-order chi connectivity index (χ0) is 25.7. The first-order valence-electron chi connectivity index (χ1n) is 12.0. The average Bonchev–Trinajstić information content (AvgIpc) is 3.52. The van der Waals surface area contributed by atoms with Gasteiger partial charge in [0.05, 0.1) is 22.7 Å². The summed E-state index contributed by atoms with van der Waals surface area (Å²) in [6, 6.07) is 4.02. The lowest BCUT2D eigenvalue weighted by atomic mass is 9.96. The van der Waals surface area contributed by atoms with Crippen molar-refractivity contribution in [2.75, 3.05) is 26.2 Å². The number of H-pyrrole nitrogens is 1. The third kappa shape index (κ3) is 4.05. The van der Waals surface area contributed by atoms with E-state index in [9.17, 15) is 13.2 Å². The Morgan fingerprint density at radius 2 is 1.84 bits per heavy atom. The predicted molar refractivity (Wildman–Crippen MR) is 130 cm³/mol. The van der Waals surface area contributed by atoms with Gasteiger partial charge in [0.25, 0.3) is 0 Å². The normalized spacial score (nSPS) is 15.3. The molecule has 0 saturated carbocycles. The van der Waals surface area contributed by atoms with Crippen molar-refractivity contribution < 1.29 is 22.3 Å². The van der Waals surface area contributed by atoms with Crippen molar-refractivity contribution in [3.63, 3.8) is 0 Å². The molecule has 12 heteroatoms. The summed E-state index contributed by atoms with van der Waals surface area (Å²) in [5, 5.41) is 10.4. The molecular weight excluding hydrogens is 490 g/mol. The highest BCUT2D eigenvalue weighted by Crippen LogP contribution is 2.44. The number of aromatic nitrogens is 6. The first-order valence-corrected chi connectivity index (χ1v) is 12.0. The molecule has 1 aliphatic rings. The molecule has 8 nitrogen and oxygen atoms in total. The summed E-state index contributed by atoms with van der Waals surface area (Å²) in [5.41, 5.74) is 0.0137. The molecule has 37 heavy (non-hydrogen) atoms. The number of hydrogen-bond acceptors (Lipinski definition) is 6. The first-order chi connectivity index (χ1) is 17.8. The minimum absolute atomic E-state index is 0.119. The van der Waals surface area contributed by atoms with Crippen LogP contribution in [0.1, 0.15) is 25.0 Å². The number of halogens is 4. The van der Waals surface area contributed by atoms with Gasteiger partial charge in [-0.05, 0) is 38.1 Å². The molecule has 5 aromatic rings. The van der Waals surface area contributed by atoms with Gasteiger partial charge in [-0.3, -0.25) is 9.88 Å². The Morgan fingerprint density at radius 3 is 2.62 bits per heavy atom. The summed E-state index contributed by atoms with van der Waals surface area (Å²) in [5.74, 6) is -0.275. The second kappa shape index (κ2) is 8.94. The SMILES string of the molecule is Cn1cnc2c3nccc(-c4n[nH]nc4C(F)(F)F)c3c3cc(F)cc(OCCN4CCCCC4)c3c21. The fourth-order valence-electron chi connectivity index (χ4n) is 5.23. The maximum absolute atomic E-state index is 15.0. The van der Waals surface area contributed by atoms with Crippen molar-refractivity contribution in [2.45, 2.75) is 25.4 Å². The zero-order valence-corrected chi connectivity index (χ0v) is 19.9. The maximum atomic E-state index is 15.0. The van der Waals surface area contributed by atoms with Gasteiger partial charge in [-0.2, -0.15) is 28.6 Å². The molecule has 6 rings (SSSR count). The predicted octanol–water partition coefficient (Wildman–Crippen LogP) is 5.08. The van der Waals surface area contributed by atoms with Crippen molar-refractivity contribution in [2.24, 2.45) is 7.05 Å². The van der Waals surface area contributed by atoms with Crippen LogP contribution in [-0.2, 0) is 13.2 Å². The lowest BCUT2D eigenvalue weighted by Gasteiger charge is -2.26. The molecule has 1 saturated heterocycles. The fourth-order valence-corrected chi connectivity index (χ4v) is 5.23. The molecule has 2 aromatic carbocycles. The molecule has 0 aliphatic carbocycles. The largest absolute Gasteiger partial charge is 0.491 e. The van der Waals surface area contributed by atoms with Crippen molar-refractivity contribution in [1.29, 1.82) is 0 Å². The van der Waals surface area contributed by atoms with Crippen molar-refractivity contribution in [3.8, 4) is 17.0 Å². The number of aryl methyl sites for hydroxylation is 1. The molecule has 0 bridgehead atoms. The molecule has 0 unspecified atom stereocenters. The van der Waals surface area contributed by atoms with Gasteiger partial charge in [0, 0.05) is 42.2 Å². The van der Waals surface area contributed by atoms with Crippen molar-refractivity contribution in [3.05, 3.63) is 42.2 Å². The highest BCUT2D eigenvalue weighted by molar-refractivity contribution is 6.26. The van der Waals surface area contributed by atoms with E-state index in [0.717, 1.165) is 25.9 Å². The number of benzene rings is 2. The number of nitrogens with one attached hydrogen (secondary N) is 1. The molecule has 1 aliphatic heterocycles. The third-order valence-electron chi connectivity index (χ3n) is 6.87. The number of aromatic amines is 1. The summed E-state index contributed by atoms with van der Waals surface area (Å²) in [7, 11) is 1.80. The average molecular weight is 513 g/mol. The minimum atomic E-state index is -4.74. The molecule has 3 aromatic heterocycles. The number of alkyl halides is 3. The smallest absolute Gasteiger partial charge is 0.437 e. The van der Waals surface area contributed by atoms with E-state index in [1.54, 1.807) is 17.9 Å². The monoisotopic (exact) mass is 513 g/mol. The summed E-state index contributed by atoms with van der Waals surface area (Å²) >= 11 is 0. The molecule has 0 atom stereocenters. The van der Waals surface area contributed by atoms with Crippen LogP contribution in [0.5, 0.6) is 5.75 Å². The van der Waals surface area contributed by atoms with E-state index in [1.165, 1.54) is 30.8 Å². The highest BCUT2D eigenvalue weighted by Gasteiger charge is 2.38. The molecule has 192 valence electrons. The van der Waals surface area contributed by atoms with E-state index in [4.69, 9.17) is 4.74 Å². The Bertz CT molecular complexity index is 1620. The second-order valence-electron chi connectivity index (χ2n) is 9.23. The number of ether oxygens (including phenoxy) is 1. The highest BCUT2D eigenvalue weighted by atomic mass is 19.4. The molecule has 0 radical (unpaired) electrons. The number of nitrogens with zero attached hydrogens (tertiary/aromatic N) is 6. The number of likely N-dealkylation sites (tertiary alicyclic amines) is 1. The minimum Gasteiger partial charge on any atom is -0.491 e. The molecule has 0 amide bonds. The Hall–Kier alpha value is -3.80. The van der Waals surface area contributed by atoms with Gasteiger partial charge in [-0.15, -0.1) is 0 Å². The van der Waals surface area contributed by atoms with E-state index < -0.39 is 23.4 Å². The molecule has 1 N–H and O–H groups in total. The van der Waals surface area contributed by atoms with Crippen LogP contribution in [0.2, 0.25) is 0 Å². The topological polar surface area (TPSA) is 84.8 Å². The van der Waals surface area contributed by atoms with Crippen LogP contribution in [0.4, 0.5) is 17.6 Å². The van der Waals surface area contributed by atoms with Crippen LogP contribution < -0.4 is 4.74 Å². The van der Waals surface area contributed by atoms with Crippen LogP contribution >= 0.6 is 0 Å². The third-order valence-corrected chi connectivity index (χ3v) is 6.87. The fraction of sp³-hybridized carbons (Fsp3) is 0.360. The lowest BCUT2D eigenvalue weighted by Crippen LogP contribution is -2.33. The number of rotatable bonds is 5. The van der Waals surface area contributed by atoms with Gasteiger partial charge >= 0.3 is 6.18 Å². The van der Waals surface area contributed by atoms with E-state index in [-0.39, 0.29) is 5.56 Å². The first kappa shape index (κ1) is 23.6. The summed E-state index contributed by atoms with van der Waals surface area (Å²) in [6.07, 6.45) is 1.74. The Labute approximate surface area is 208 Å².